The molecule has 0 radical (unpaired) electrons. The normalized spacial score (nSPS) is 19.1. The molecular weight excluding hydrogens is 227 g/mol. The molecule has 0 N–H and O–H groups in total. The van der Waals surface area contributed by atoms with E-state index in [0.29, 0.717) is 22.4 Å². The summed E-state index contributed by atoms with van der Waals surface area (Å²) in [6.07, 6.45) is -0.429. The van der Waals surface area contributed by atoms with Crippen LogP contribution in [0.15, 0.2) is 18.2 Å². The van der Waals surface area contributed by atoms with E-state index in [1.165, 1.54) is 6.07 Å². The van der Waals surface area contributed by atoms with Crippen molar-refractivity contribution in [2.75, 3.05) is 6.61 Å². The highest BCUT2D eigenvalue weighted by Gasteiger charge is 2.33. The van der Waals surface area contributed by atoms with Crippen molar-refractivity contribution in [1.82, 2.24) is 0 Å². The first-order chi connectivity index (χ1) is 6.66. The minimum atomic E-state index is -0.429. The van der Waals surface area contributed by atoms with E-state index in [-0.39, 0.29) is 0 Å². The third-order valence-electron chi connectivity index (χ3n) is 1.70. The summed E-state index contributed by atoms with van der Waals surface area (Å²) in [7, 11) is 0. The standard InChI is InChI=1S/C9H6Cl2O3/c10-5-1-2-7(6(11)3-5)14-9(12)8-4-13-8/h1-3,8H,4H2. The van der Waals surface area contributed by atoms with E-state index < -0.39 is 12.1 Å². The van der Waals surface area contributed by atoms with Crippen molar-refractivity contribution in [1.29, 1.82) is 0 Å². The molecule has 5 heteroatoms. The lowest BCUT2D eigenvalue weighted by molar-refractivity contribution is -0.135. The summed E-state index contributed by atoms with van der Waals surface area (Å²) in [6, 6.07) is 4.66. The van der Waals surface area contributed by atoms with Crippen molar-refractivity contribution in [3.05, 3.63) is 28.2 Å². The lowest BCUT2D eigenvalue weighted by Gasteiger charge is -2.04. The Labute approximate surface area is 90.5 Å². The number of carbonyl (C=O) groups is 1. The first kappa shape index (κ1) is 9.77. The van der Waals surface area contributed by atoms with E-state index in [9.17, 15) is 4.79 Å². The number of benzene rings is 1. The highest BCUT2D eigenvalue weighted by atomic mass is 35.5. The average molecular weight is 233 g/mol. The zero-order chi connectivity index (χ0) is 10.1. The van der Waals surface area contributed by atoms with E-state index in [1.54, 1.807) is 12.1 Å². The van der Waals surface area contributed by atoms with E-state index >= 15 is 0 Å². The van der Waals surface area contributed by atoms with Crippen LogP contribution in [-0.2, 0) is 9.53 Å². The molecule has 0 amide bonds. The molecule has 0 bridgehead atoms. The molecule has 1 fully saturated rings. The van der Waals surface area contributed by atoms with E-state index in [4.69, 9.17) is 32.7 Å². The van der Waals surface area contributed by atoms with Gasteiger partial charge in [-0.15, -0.1) is 0 Å². The Bertz CT molecular complexity index is 374. The van der Waals surface area contributed by atoms with E-state index in [2.05, 4.69) is 0 Å². The molecule has 0 saturated carbocycles. The van der Waals surface area contributed by atoms with Gasteiger partial charge in [-0.2, -0.15) is 0 Å². The van der Waals surface area contributed by atoms with Crippen LogP contribution in [-0.4, -0.2) is 18.7 Å². The molecule has 1 atom stereocenters. The maximum Gasteiger partial charge on any atom is 0.343 e. The molecule has 3 nitrogen and oxygen atoms in total. The van der Waals surface area contributed by atoms with Gasteiger partial charge in [0, 0.05) is 5.02 Å². The summed E-state index contributed by atoms with van der Waals surface area (Å²) in [5.41, 5.74) is 0. The highest BCUT2D eigenvalue weighted by Crippen LogP contribution is 2.28. The van der Waals surface area contributed by atoms with Crippen LogP contribution < -0.4 is 4.74 Å². The molecule has 74 valence electrons. The number of carbonyl (C=O) groups excluding carboxylic acids is 1. The summed E-state index contributed by atoms with van der Waals surface area (Å²) >= 11 is 11.5. The Morgan fingerprint density at radius 1 is 1.50 bits per heavy atom. The fraction of sp³-hybridized carbons (Fsp3) is 0.222. The largest absolute Gasteiger partial charge is 0.423 e. The van der Waals surface area contributed by atoms with E-state index in [0.717, 1.165) is 0 Å². The van der Waals surface area contributed by atoms with Crippen LogP contribution in [0.3, 0.4) is 0 Å². The van der Waals surface area contributed by atoms with Gasteiger partial charge in [0.25, 0.3) is 0 Å². The molecule has 0 aromatic heterocycles. The van der Waals surface area contributed by atoms with Crippen molar-refractivity contribution in [3.63, 3.8) is 0 Å². The van der Waals surface area contributed by atoms with Crippen LogP contribution in [0.2, 0.25) is 10.0 Å². The first-order valence-corrected chi connectivity index (χ1v) is 4.71. The predicted octanol–water partition coefficient (Wildman–Crippen LogP) is 2.30. The van der Waals surface area contributed by atoms with Crippen molar-refractivity contribution >= 4 is 29.2 Å². The molecule has 1 saturated heterocycles. The molecule has 1 aliphatic rings. The first-order valence-electron chi connectivity index (χ1n) is 3.95. The van der Waals surface area contributed by atoms with Gasteiger partial charge in [-0.1, -0.05) is 23.2 Å². The third-order valence-corrected chi connectivity index (χ3v) is 2.23. The number of rotatable bonds is 2. The molecular formula is C9H6Cl2O3. The quantitative estimate of drug-likeness (QED) is 0.447. The maximum absolute atomic E-state index is 11.2. The maximum atomic E-state index is 11.2. The summed E-state index contributed by atoms with van der Waals surface area (Å²) in [5, 5.41) is 0.809. The van der Waals surface area contributed by atoms with Gasteiger partial charge >= 0.3 is 5.97 Å². The molecule has 1 aromatic carbocycles. The second-order valence-electron chi connectivity index (χ2n) is 2.82. The molecule has 1 aliphatic heterocycles. The van der Waals surface area contributed by atoms with Gasteiger partial charge in [0.1, 0.15) is 5.75 Å². The predicted molar refractivity (Wildman–Crippen MR) is 51.8 cm³/mol. The molecule has 2 rings (SSSR count). The van der Waals surface area contributed by atoms with Gasteiger partial charge in [0.15, 0.2) is 6.10 Å². The summed E-state index contributed by atoms with van der Waals surface area (Å²) < 4.78 is 9.73. The zero-order valence-corrected chi connectivity index (χ0v) is 8.51. The number of esters is 1. The SMILES string of the molecule is O=C(Oc1ccc(Cl)cc1Cl)C1CO1. The van der Waals surface area contributed by atoms with Gasteiger partial charge in [-0.25, -0.2) is 4.79 Å². The van der Waals surface area contributed by atoms with Gasteiger partial charge < -0.3 is 9.47 Å². The van der Waals surface area contributed by atoms with Gasteiger partial charge in [0.2, 0.25) is 0 Å². The number of ether oxygens (including phenoxy) is 2. The lowest BCUT2D eigenvalue weighted by Crippen LogP contribution is -2.14. The fourth-order valence-electron chi connectivity index (χ4n) is 0.916. The Balaban J connectivity index is 2.11. The fourth-order valence-corrected chi connectivity index (χ4v) is 1.36. The summed E-state index contributed by atoms with van der Waals surface area (Å²) in [5.74, 6) is -0.120. The summed E-state index contributed by atoms with van der Waals surface area (Å²) in [4.78, 5) is 11.2. The average Bonchev–Trinajstić information content (AvgIpc) is 2.92. The van der Waals surface area contributed by atoms with Crippen LogP contribution in [0, 0.1) is 0 Å². The second kappa shape index (κ2) is 3.77. The smallest absolute Gasteiger partial charge is 0.343 e. The molecule has 14 heavy (non-hydrogen) atoms. The van der Waals surface area contributed by atoms with Crippen molar-refractivity contribution in [2.24, 2.45) is 0 Å². The Hall–Kier alpha value is -0.770. The van der Waals surface area contributed by atoms with Gasteiger partial charge in [-0.05, 0) is 18.2 Å². The molecule has 1 unspecified atom stereocenters. The van der Waals surface area contributed by atoms with E-state index in [1.807, 2.05) is 0 Å². The molecule has 0 spiro atoms. The van der Waals surface area contributed by atoms with Crippen molar-refractivity contribution in [2.45, 2.75) is 6.10 Å². The minimum absolute atomic E-state index is 0.302. The number of hydrogen-bond acceptors (Lipinski definition) is 3. The minimum Gasteiger partial charge on any atom is -0.423 e. The van der Waals surface area contributed by atoms with Crippen LogP contribution in [0.5, 0.6) is 5.75 Å². The van der Waals surface area contributed by atoms with Crippen LogP contribution in [0.1, 0.15) is 0 Å². The topological polar surface area (TPSA) is 38.8 Å². The van der Waals surface area contributed by atoms with Gasteiger partial charge in [0.05, 0.1) is 11.6 Å². The lowest BCUT2D eigenvalue weighted by atomic mass is 10.3. The second-order valence-corrected chi connectivity index (χ2v) is 3.66. The zero-order valence-electron chi connectivity index (χ0n) is 7.00. The monoisotopic (exact) mass is 232 g/mol. The van der Waals surface area contributed by atoms with Crippen LogP contribution in [0.4, 0.5) is 0 Å². The highest BCUT2D eigenvalue weighted by molar-refractivity contribution is 6.35. The summed E-state index contributed by atoms with van der Waals surface area (Å²) in [6.45, 7) is 0.421. The van der Waals surface area contributed by atoms with Crippen molar-refractivity contribution in [3.8, 4) is 5.75 Å². The van der Waals surface area contributed by atoms with Gasteiger partial charge in [-0.3, -0.25) is 0 Å². The van der Waals surface area contributed by atoms with Crippen molar-refractivity contribution < 1.29 is 14.3 Å². The third kappa shape index (κ3) is 2.18. The Morgan fingerprint density at radius 3 is 2.79 bits per heavy atom. The van der Waals surface area contributed by atoms with Crippen LogP contribution in [0.25, 0.3) is 0 Å². The number of epoxide rings is 1. The molecule has 1 aromatic rings. The molecule has 1 heterocycles. The molecule has 0 aliphatic carbocycles. The Morgan fingerprint density at radius 2 is 2.21 bits per heavy atom. The number of halogens is 2. The Kier molecular flexibility index (Phi) is 2.63. The number of hydrogen-bond donors (Lipinski definition) is 0. The van der Waals surface area contributed by atoms with Crippen LogP contribution >= 0.6 is 23.2 Å².